The lowest BCUT2D eigenvalue weighted by Crippen LogP contribution is -2.50. The first-order chi connectivity index (χ1) is 13.0. The van der Waals surface area contributed by atoms with Crippen molar-refractivity contribution in [3.63, 3.8) is 0 Å². The molecule has 0 atom stereocenters. The van der Waals surface area contributed by atoms with Gasteiger partial charge in [0.1, 0.15) is 11.6 Å². The Hall–Kier alpha value is -3.35. The quantitative estimate of drug-likeness (QED) is 0.729. The van der Waals surface area contributed by atoms with Crippen LogP contribution in [0.2, 0.25) is 0 Å². The number of aromatic nitrogens is 2. The molecule has 1 aliphatic heterocycles. The summed E-state index contributed by atoms with van der Waals surface area (Å²) in [5.74, 6) is 1.44. The molecule has 2 aromatic carbocycles. The van der Waals surface area contributed by atoms with E-state index in [9.17, 15) is 9.90 Å². The summed E-state index contributed by atoms with van der Waals surface area (Å²) in [6.07, 6.45) is 0. The fraction of sp³-hybridized carbons (Fsp3) is 0.250. The van der Waals surface area contributed by atoms with Gasteiger partial charge in [-0.3, -0.25) is 0 Å². The summed E-state index contributed by atoms with van der Waals surface area (Å²) in [5, 5.41) is 11.2. The normalized spacial score (nSPS) is 14.6. The van der Waals surface area contributed by atoms with Gasteiger partial charge >= 0.3 is 6.03 Å². The highest BCUT2D eigenvalue weighted by Gasteiger charge is 2.23. The summed E-state index contributed by atoms with van der Waals surface area (Å²) < 4.78 is 0. The fourth-order valence-corrected chi connectivity index (χ4v) is 3.39. The van der Waals surface area contributed by atoms with Crippen LogP contribution in [-0.2, 0) is 0 Å². The number of urea groups is 1. The van der Waals surface area contributed by atoms with E-state index in [1.54, 1.807) is 23.1 Å². The van der Waals surface area contributed by atoms with Crippen molar-refractivity contribution in [1.29, 1.82) is 0 Å². The summed E-state index contributed by atoms with van der Waals surface area (Å²) in [6, 6.07) is 12.7. The van der Waals surface area contributed by atoms with Crippen LogP contribution in [0.15, 0.2) is 42.5 Å². The lowest BCUT2D eigenvalue weighted by Gasteiger charge is -2.35. The average Bonchev–Trinajstić information content (AvgIpc) is 2.67. The lowest BCUT2D eigenvalue weighted by atomic mass is 10.1. The Labute approximate surface area is 157 Å². The number of aryl methyl sites for hydroxylation is 1. The van der Waals surface area contributed by atoms with Crippen LogP contribution in [0.25, 0.3) is 22.3 Å². The second-order valence-corrected chi connectivity index (χ2v) is 6.72. The lowest BCUT2D eigenvalue weighted by molar-refractivity contribution is 0.204. The Kier molecular flexibility index (Phi) is 4.27. The third kappa shape index (κ3) is 3.23. The van der Waals surface area contributed by atoms with E-state index in [1.165, 1.54) is 0 Å². The molecule has 3 aromatic rings. The van der Waals surface area contributed by atoms with Crippen LogP contribution in [0, 0.1) is 6.92 Å². The molecule has 27 heavy (non-hydrogen) atoms. The maximum absolute atomic E-state index is 11.4. The number of aromatic hydroxyl groups is 1. The summed E-state index contributed by atoms with van der Waals surface area (Å²) in [6.45, 7) is 4.41. The third-order valence-electron chi connectivity index (χ3n) is 4.87. The number of benzene rings is 2. The van der Waals surface area contributed by atoms with Crippen LogP contribution in [0.1, 0.15) is 5.56 Å². The first-order valence-electron chi connectivity index (χ1n) is 8.89. The van der Waals surface area contributed by atoms with Gasteiger partial charge in [0.25, 0.3) is 0 Å². The number of hydrogen-bond donors (Lipinski definition) is 2. The maximum atomic E-state index is 11.4. The molecule has 0 bridgehead atoms. The molecule has 7 heteroatoms. The molecule has 1 fully saturated rings. The number of fused-ring (bicyclic) bond motifs is 1. The molecule has 4 rings (SSSR count). The van der Waals surface area contributed by atoms with Crippen molar-refractivity contribution in [2.75, 3.05) is 31.1 Å². The smallest absolute Gasteiger partial charge is 0.314 e. The standard InChI is InChI=1S/C20H21N5O2/c1-13-6-7-14-16(12-13)22-18(15-4-2-3-5-17(15)26)23-19(14)24-8-10-25(11-9-24)20(21)27/h2-7,12,26H,8-11H2,1H3,(H2,21,27). The molecule has 0 unspecified atom stereocenters. The van der Waals surface area contributed by atoms with Gasteiger partial charge in [-0.25, -0.2) is 14.8 Å². The van der Waals surface area contributed by atoms with Gasteiger partial charge < -0.3 is 20.6 Å². The molecular formula is C20H21N5O2. The van der Waals surface area contributed by atoms with Gasteiger partial charge in [0.05, 0.1) is 11.1 Å². The van der Waals surface area contributed by atoms with E-state index < -0.39 is 6.03 Å². The first-order valence-corrected chi connectivity index (χ1v) is 8.89. The topological polar surface area (TPSA) is 95.6 Å². The number of phenols is 1. The number of anilines is 1. The maximum Gasteiger partial charge on any atom is 0.314 e. The molecule has 0 aliphatic carbocycles. The SMILES string of the molecule is Cc1ccc2c(N3CCN(C(N)=O)CC3)nc(-c3ccccc3O)nc2c1. The molecule has 1 aromatic heterocycles. The van der Waals surface area contributed by atoms with Crippen LogP contribution >= 0.6 is 0 Å². The molecule has 1 aliphatic rings. The predicted octanol–water partition coefficient (Wildman–Crippen LogP) is 2.51. The Bertz CT molecular complexity index is 1010. The predicted molar refractivity (Wildman–Crippen MR) is 105 cm³/mol. The zero-order valence-corrected chi connectivity index (χ0v) is 15.1. The minimum absolute atomic E-state index is 0.147. The number of carbonyl (C=O) groups is 1. The van der Waals surface area contributed by atoms with Crippen molar-refractivity contribution < 1.29 is 9.90 Å². The number of amides is 2. The number of primary amides is 1. The molecule has 0 saturated carbocycles. The summed E-state index contributed by atoms with van der Waals surface area (Å²) in [5.41, 5.74) is 7.92. The molecule has 7 nitrogen and oxygen atoms in total. The van der Waals surface area contributed by atoms with Crippen LogP contribution in [0.3, 0.4) is 0 Å². The molecule has 0 spiro atoms. The number of hydrogen-bond acceptors (Lipinski definition) is 5. The Morgan fingerprint density at radius 1 is 1.07 bits per heavy atom. The van der Waals surface area contributed by atoms with E-state index in [0.29, 0.717) is 37.6 Å². The monoisotopic (exact) mass is 363 g/mol. The van der Waals surface area contributed by atoms with Gasteiger partial charge in [0.15, 0.2) is 5.82 Å². The van der Waals surface area contributed by atoms with Gasteiger partial charge in [-0.05, 0) is 36.8 Å². The molecule has 2 heterocycles. The number of nitrogens with two attached hydrogens (primary N) is 1. The second-order valence-electron chi connectivity index (χ2n) is 6.72. The van der Waals surface area contributed by atoms with E-state index >= 15 is 0 Å². The summed E-state index contributed by atoms with van der Waals surface area (Å²) in [7, 11) is 0. The Morgan fingerprint density at radius 3 is 2.52 bits per heavy atom. The van der Waals surface area contributed by atoms with E-state index in [2.05, 4.69) is 9.88 Å². The highest BCUT2D eigenvalue weighted by Crippen LogP contribution is 2.32. The highest BCUT2D eigenvalue weighted by atomic mass is 16.3. The Balaban J connectivity index is 1.81. The molecule has 2 amide bonds. The van der Waals surface area contributed by atoms with Crippen molar-refractivity contribution in [1.82, 2.24) is 14.9 Å². The van der Waals surface area contributed by atoms with Crippen LogP contribution < -0.4 is 10.6 Å². The van der Waals surface area contributed by atoms with Crippen LogP contribution in [0.5, 0.6) is 5.75 Å². The van der Waals surface area contributed by atoms with Crippen molar-refractivity contribution in [2.24, 2.45) is 5.73 Å². The van der Waals surface area contributed by atoms with Crippen molar-refractivity contribution in [2.45, 2.75) is 6.92 Å². The molecule has 0 radical (unpaired) electrons. The van der Waals surface area contributed by atoms with Gasteiger partial charge in [-0.2, -0.15) is 0 Å². The van der Waals surface area contributed by atoms with E-state index in [-0.39, 0.29) is 5.75 Å². The van der Waals surface area contributed by atoms with Gasteiger partial charge in [0, 0.05) is 31.6 Å². The van der Waals surface area contributed by atoms with E-state index in [4.69, 9.17) is 10.7 Å². The van der Waals surface area contributed by atoms with Crippen molar-refractivity contribution >= 4 is 22.8 Å². The molecule has 1 saturated heterocycles. The van der Waals surface area contributed by atoms with Crippen molar-refractivity contribution in [3.05, 3.63) is 48.0 Å². The molecule has 3 N–H and O–H groups in total. The summed E-state index contributed by atoms with van der Waals surface area (Å²) in [4.78, 5) is 24.6. The largest absolute Gasteiger partial charge is 0.507 e. The Morgan fingerprint density at radius 2 is 1.81 bits per heavy atom. The third-order valence-corrected chi connectivity index (χ3v) is 4.87. The van der Waals surface area contributed by atoms with E-state index in [1.807, 2.05) is 31.2 Å². The summed E-state index contributed by atoms with van der Waals surface area (Å²) >= 11 is 0. The first kappa shape index (κ1) is 17.1. The zero-order chi connectivity index (χ0) is 19.0. The molecule has 138 valence electrons. The molecular weight excluding hydrogens is 342 g/mol. The van der Waals surface area contributed by atoms with Crippen molar-refractivity contribution in [3.8, 4) is 17.1 Å². The number of para-hydroxylation sites is 1. The van der Waals surface area contributed by atoms with E-state index in [0.717, 1.165) is 22.3 Å². The number of piperazine rings is 1. The average molecular weight is 363 g/mol. The fourth-order valence-electron chi connectivity index (χ4n) is 3.39. The zero-order valence-electron chi connectivity index (χ0n) is 15.1. The van der Waals surface area contributed by atoms with Gasteiger partial charge in [-0.15, -0.1) is 0 Å². The highest BCUT2D eigenvalue weighted by molar-refractivity contribution is 5.92. The number of rotatable bonds is 2. The number of phenolic OH excluding ortho intramolecular Hbond substituents is 1. The number of carbonyl (C=O) groups excluding carboxylic acids is 1. The minimum atomic E-state index is -0.396. The van der Waals surface area contributed by atoms with Crippen LogP contribution in [-0.4, -0.2) is 52.2 Å². The second kappa shape index (κ2) is 6.75. The van der Waals surface area contributed by atoms with Gasteiger partial charge in [-0.1, -0.05) is 18.2 Å². The van der Waals surface area contributed by atoms with Crippen LogP contribution in [0.4, 0.5) is 10.6 Å². The van der Waals surface area contributed by atoms with Gasteiger partial charge in [0.2, 0.25) is 0 Å². The number of nitrogens with zero attached hydrogens (tertiary/aromatic N) is 4. The minimum Gasteiger partial charge on any atom is -0.507 e.